The highest BCUT2D eigenvalue weighted by atomic mass is 32.2. The molecule has 1 atom stereocenters. The number of hydrogen-bond acceptors (Lipinski definition) is 9. The maximum atomic E-state index is 14.6. The molecule has 46 heavy (non-hydrogen) atoms. The molecule has 6 rings (SSSR count). The van der Waals surface area contributed by atoms with Gasteiger partial charge in [-0.05, 0) is 74.8 Å². The normalized spacial score (nSPS) is 15.9. The van der Waals surface area contributed by atoms with E-state index in [2.05, 4.69) is 15.6 Å². The summed E-state index contributed by atoms with van der Waals surface area (Å²) < 4.78 is 66.1. The largest absolute Gasteiger partial charge is 0.473 e. The molecular weight excluding hydrogens is 639 g/mol. The Bertz CT molecular complexity index is 1840. The number of anilines is 1. The maximum absolute atomic E-state index is 14.6. The molecule has 240 valence electrons. The molecule has 2 N–H and O–H groups in total. The van der Waals surface area contributed by atoms with Crippen LogP contribution in [0.1, 0.15) is 41.3 Å². The molecule has 2 fully saturated rings. The van der Waals surface area contributed by atoms with E-state index in [4.69, 9.17) is 9.47 Å². The molecular formula is C32H30F2N4O6S2. The highest BCUT2D eigenvalue weighted by molar-refractivity contribution is 7.92. The summed E-state index contributed by atoms with van der Waals surface area (Å²) in [4.78, 5) is 32.2. The summed E-state index contributed by atoms with van der Waals surface area (Å²) >= 11 is 1.01. The Hall–Kier alpha value is -4.40. The molecule has 0 saturated carbocycles. The lowest BCUT2D eigenvalue weighted by Crippen LogP contribution is -2.41. The minimum absolute atomic E-state index is 0.0745. The second-order valence-corrected chi connectivity index (χ2v) is 14.1. The second kappa shape index (κ2) is 13.5. The molecule has 2 aliphatic heterocycles. The fourth-order valence-corrected chi connectivity index (χ4v) is 7.59. The van der Waals surface area contributed by atoms with Crippen LogP contribution < -0.4 is 20.1 Å². The van der Waals surface area contributed by atoms with Gasteiger partial charge in [-0.2, -0.15) is 0 Å². The van der Waals surface area contributed by atoms with E-state index in [9.17, 15) is 26.8 Å². The number of nitrogens with one attached hydrogen (secondary N) is 2. The van der Waals surface area contributed by atoms with E-state index in [0.29, 0.717) is 48.4 Å². The van der Waals surface area contributed by atoms with Crippen LogP contribution in [0.4, 0.5) is 13.9 Å². The summed E-state index contributed by atoms with van der Waals surface area (Å²) in [5.41, 5.74) is 0.736. The summed E-state index contributed by atoms with van der Waals surface area (Å²) in [6, 6.07) is 15.1. The molecule has 0 radical (unpaired) electrons. The third-order valence-corrected chi connectivity index (χ3v) is 10.8. The molecule has 4 aromatic rings. The molecule has 10 nitrogen and oxygen atoms in total. The van der Waals surface area contributed by atoms with Crippen molar-refractivity contribution < 1.29 is 36.3 Å². The van der Waals surface area contributed by atoms with Crippen LogP contribution >= 0.6 is 11.3 Å². The Morgan fingerprint density at radius 1 is 1.02 bits per heavy atom. The molecule has 2 aliphatic rings. The number of benzene rings is 3. The van der Waals surface area contributed by atoms with Crippen molar-refractivity contribution in [3.63, 3.8) is 0 Å². The van der Waals surface area contributed by atoms with Crippen LogP contribution in [0.25, 0.3) is 0 Å². The van der Waals surface area contributed by atoms with Gasteiger partial charge in [-0.15, -0.1) is 0 Å². The van der Waals surface area contributed by atoms with E-state index < -0.39 is 38.7 Å². The fourth-order valence-electron chi connectivity index (χ4n) is 5.15. The lowest BCUT2D eigenvalue weighted by molar-refractivity contribution is -0.123. The van der Waals surface area contributed by atoms with Crippen molar-refractivity contribution in [2.45, 2.75) is 35.5 Å². The Labute approximate surface area is 268 Å². The number of nitrogens with zero attached hydrogens (tertiary/aromatic N) is 2. The zero-order valence-corrected chi connectivity index (χ0v) is 26.1. The van der Waals surface area contributed by atoms with Gasteiger partial charge in [0, 0.05) is 30.3 Å². The van der Waals surface area contributed by atoms with E-state index in [1.54, 1.807) is 29.2 Å². The van der Waals surface area contributed by atoms with Crippen LogP contribution in [0, 0.1) is 11.6 Å². The first kappa shape index (κ1) is 31.6. The molecule has 2 amide bonds. The van der Waals surface area contributed by atoms with E-state index >= 15 is 0 Å². The standard InChI is InChI=1S/C32H30F2N4O6S2/c33-22-7-10-27(26(34)18-22)44-29(20-5-8-24(9-6-20)46(41,42)25-11-13-35-14-12-25)30(39)37-32-36-19-28(45-32)43-23-4-1-3-21(17-23)31(40)38-15-2-16-38/h1,3-10,17-19,25,29,35H,2,11-16H2,(H,36,37,39). The summed E-state index contributed by atoms with van der Waals surface area (Å²) in [6.45, 7) is 2.66. The topological polar surface area (TPSA) is 127 Å². The number of hydrogen-bond donors (Lipinski definition) is 2. The number of amides is 2. The number of piperidine rings is 1. The molecule has 0 aliphatic carbocycles. The molecule has 0 bridgehead atoms. The van der Waals surface area contributed by atoms with Gasteiger partial charge in [0.05, 0.1) is 16.3 Å². The van der Waals surface area contributed by atoms with Crippen molar-refractivity contribution in [1.82, 2.24) is 15.2 Å². The first-order chi connectivity index (χ1) is 22.2. The Morgan fingerprint density at radius 3 is 2.48 bits per heavy atom. The number of ether oxygens (including phenoxy) is 2. The highest BCUT2D eigenvalue weighted by Crippen LogP contribution is 2.33. The van der Waals surface area contributed by atoms with E-state index in [1.807, 2.05) is 0 Å². The molecule has 14 heteroatoms. The van der Waals surface area contributed by atoms with Crippen LogP contribution in [0.2, 0.25) is 0 Å². The van der Waals surface area contributed by atoms with Crippen molar-refractivity contribution >= 4 is 38.1 Å². The summed E-state index contributed by atoms with van der Waals surface area (Å²) in [7, 11) is -3.60. The molecule has 0 spiro atoms. The number of sulfone groups is 1. The summed E-state index contributed by atoms with van der Waals surface area (Å²) in [5, 5.41) is 5.74. The monoisotopic (exact) mass is 668 g/mol. The minimum atomic E-state index is -3.60. The van der Waals surface area contributed by atoms with E-state index in [0.717, 1.165) is 43.0 Å². The first-order valence-corrected chi connectivity index (χ1v) is 17.0. The average Bonchev–Trinajstić information content (AvgIpc) is 3.46. The van der Waals surface area contributed by atoms with Gasteiger partial charge in [0.25, 0.3) is 11.8 Å². The quantitative estimate of drug-likeness (QED) is 0.232. The van der Waals surface area contributed by atoms with Crippen LogP contribution in [0.5, 0.6) is 16.6 Å². The second-order valence-electron chi connectivity index (χ2n) is 10.9. The zero-order valence-electron chi connectivity index (χ0n) is 24.4. The summed E-state index contributed by atoms with van der Waals surface area (Å²) in [6.07, 6.45) is 1.91. The molecule has 3 aromatic carbocycles. The van der Waals surface area contributed by atoms with Crippen LogP contribution in [0.3, 0.4) is 0 Å². The Balaban J connectivity index is 1.20. The lowest BCUT2D eigenvalue weighted by Gasteiger charge is -2.30. The molecule has 2 saturated heterocycles. The van der Waals surface area contributed by atoms with Crippen molar-refractivity contribution in [3.8, 4) is 16.6 Å². The number of halogens is 2. The maximum Gasteiger partial charge on any atom is 0.271 e. The van der Waals surface area contributed by atoms with Gasteiger partial charge in [0.1, 0.15) is 11.6 Å². The number of carbonyl (C=O) groups is 2. The van der Waals surface area contributed by atoms with Crippen LogP contribution in [0.15, 0.2) is 77.8 Å². The van der Waals surface area contributed by atoms with Crippen LogP contribution in [-0.2, 0) is 14.6 Å². The lowest BCUT2D eigenvalue weighted by atomic mass is 10.1. The third-order valence-electron chi connectivity index (χ3n) is 7.77. The predicted molar refractivity (Wildman–Crippen MR) is 167 cm³/mol. The van der Waals surface area contributed by atoms with E-state index in [1.165, 1.54) is 30.5 Å². The van der Waals surface area contributed by atoms with Crippen LogP contribution in [-0.4, -0.2) is 61.5 Å². The predicted octanol–water partition coefficient (Wildman–Crippen LogP) is 5.34. The third kappa shape index (κ3) is 7.03. The average molecular weight is 669 g/mol. The number of rotatable bonds is 10. The van der Waals surface area contributed by atoms with Crippen molar-refractivity contribution in [3.05, 3.63) is 95.7 Å². The van der Waals surface area contributed by atoms with Gasteiger partial charge in [0.2, 0.25) is 11.2 Å². The van der Waals surface area contributed by atoms with Gasteiger partial charge >= 0.3 is 0 Å². The zero-order chi connectivity index (χ0) is 32.3. The SMILES string of the molecule is O=C(Nc1ncc(Oc2cccc(C(=O)N3CCC3)c2)s1)C(Oc1ccc(F)cc1F)c1ccc(S(=O)(=O)C2CCNCC2)cc1. The van der Waals surface area contributed by atoms with Crippen molar-refractivity contribution in [2.24, 2.45) is 0 Å². The number of thiazole rings is 1. The smallest absolute Gasteiger partial charge is 0.271 e. The number of carbonyl (C=O) groups excluding carboxylic acids is 2. The van der Waals surface area contributed by atoms with Crippen molar-refractivity contribution in [2.75, 3.05) is 31.5 Å². The van der Waals surface area contributed by atoms with Gasteiger partial charge < -0.3 is 19.7 Å². The molecule has 1 aromatic heterocycles. The van der Waals surface area contributed by atoms with Gasteiger partial charge in [-0.3, -0.25) is 14.9 Å². The summed E-state index contributed by atoms with van der Waals surface area (Å²) in [5.74, 6) is -2.59. The molecule has 1 unspecified atom stereocenters. The Morgan fingerprint density at radius 2 is 1.78 bits per heavy atom. The molecule has 3 heterocycles. The Kier molecular flexibility index (Phi) is 9.29. The van der Waals surface area contributed by atoms with E-state index in [-0.39, 0.29) is 27.2 Å². The van der Waals surface area contributed by atoms with Gasteiger partial charge in [-0.1, -0.05) is 29.5 Å². The minimum Gasteiger partial charge on any atom is -0.473 e. The fraction of sp³-hybridized carbons (Fsp3) is 0.281. The van der Waals surface area contributed by atoms with Gasteiger partial charge in [0.15, 0.2) is 26.5 Å². The number of aromatic nitrogens is 1. The van der Waals surface area contributed by atoms with Gasteiger partial charge in [-0.25, -0.2) is 22.2 Å². The number of likely N-dealkylation sites (tertiary alicyclic amines) is 1. The first-order valence-electron chi connectivity index (χ1n) is 14.7. The van der Waals surface area contributed by atoms with Crippen molar-refractivity contribution in [1.29, 1.82) is 0 Å². The highest BCUT2D eigenvalue weighted by Gasteiger charge is 2.30.